The fourth-order valence-corrected chi connectivity index (χ4v) is 3.34. The molecule has 33 heavy (non-hydrogen) atoms. The lowest BCUT2D eigenvalue weighted by atomic mass is 10.1. The third-order valence-electron chi connectivity index (χ3n) is 4.85. The number of hydrogen-bond donors (Lipinski definition) is 2. The molecule has 0 aliphatic rings. The number of halogens is 1. The third-order valence-corrected chi connectivity index (χ3v) is 5.38. The Labute approximate surface area is 199 Å². The van der Waals surface area contributed by atoms with E-state index >= 15 is 0 Å². The maximum atomic E-state index is 12.9. The van der Waals surface area contributed by atoms with Gasteiger partial charge in [-0.2, -0.15) is 0 Å². The minimum Gasteiger partial charge on any atom is -0.467 e. The molecule has 166 valence electrons. The van der Waals surface area contributed by atoms with Crippen molar-refractivity contribution in [3.05, 3.63) is 112 Å². The largest absolute Gasteiger partial charge is 0.467 e. The molecule has 0 unspecified atom stereocenters. The second-order valence-electron chi connectivity index (χ2n) is 7.35. The topological polar surface area (TPSA) is 84.5 Å². The standard InChI is InChI=1S/C26H21BrN2O4/c1-17-4-6-19(7-5-17)25(30)29-23(26(31)28-16-22-3-2-14-32-22)15-21-12-13-24(33-21)18-8-10-20(27)11-9-18/h2-15H,16H2,1H3,(H,28,31)(H,29,30). The van der Waals surface area contributed by atoms with E-state index in [4.69, 9.17) is 8.83 Å². The molecule has 0 aliphatic heterocycles. The van der Waals surface area contributed by atoms with Gasteiger partial charge in [0.25, 0.3) is 11.8 Å². The monoisotopic (exact) mass is 504 g/mol. The summed E-state index contributed by atoms with van der Waals surface area (Å²) in [6, 6.07) is 21.8. The van der Waals surface area contributed by atoms with Crippen LogP contribution in [0, 0.1) is 6.92 Å². The van der Waals surface area contributed by atoms with Crippen molar-refractivity contribution >= 4 is 33.8 Å². The second kappa shape index (κ2) is 10.2. The van der Waals surface area contributed by atoms with Crippen molar-refractivity contribution in [3.8, 4) is 11.3 Å². The molecule has 6 nitrogen and oxygen atoms in total. The van der Waals surface area contributed by atoms with Gasteiger partial charge in [-0.1, -0.05) is 45.8 Å². The van der Waals surface area contributed by atoms with Crippen molar-refractivity contribution in [1.82, 2.24) is 10.6 Å². The average Bonchev–Trinajstić information content (AvgIpc) is 3.50. The van der Waals surface area contributed by atoms with Crippen LogP contribution in [-0.4, -0.2) is 11.8 Å². The Morgan fingerprint density at radius 2 is 1.73 bits per heavy atom. The first-order chi connectivity index (χ1) is 16.0. The molecule has 0 saturated carbocycles. The quantitative estimate of drug-likeness (QED) is 0.316. The smallest absolute Gasteiger partial charge is 0.268 e. The van der Waals surface area contributed by atoms with Gasteiger partial charge in [-0.25, -0.2) is 0 Å². The number of amides is 2. The summed E-state index contributed by atoms with van der Waals surface area (Å²) in [5.41, 5.74) is 2.43. The van der Waals surface area contributed by atoms with E-state index in [1.807, 2.05) is 49.4 Å². The first-order valence-electron chi connectivity index (χ1n) is 10.2. The zero-order chi connectivity index (χ0) is 23.2. The van der Waals surface area contributed by atoms with Gasteiger partial charge in [0.15, 0.2) is 0 Å². The second-order valence-corrected chi connectivity index (χ2v) is 8.26. The summed E-state index contributed by atoms with van der Waals surface area (Å²) < 4.78 is 12.1. The van der Waals surface area contributed by atoms with Crippen LogP contribution in [-0.2, 0) is 11.3 Å². The van der Waals surface area contributed by atoms with Crippen LogP contribution in [0.15, 0.2) is 98.1 Å². The van der Waals surface area contributed by atoms with E-state index in [9.17, 15) is 9.59 Å². The van der Waals surface area contributed by atoms with Crippen molar-refractivity contribution in [2.24, 2.45) is 0 Å². The minimum absolute atomic E-state index is 0.0591. The van der Waals surface area contributed by atoms with Gasteiger partial charge in [-0.05, 0) is 55.5 Å². The Morgan fingerprint density at radius 1 is 0.970 bits per heavy atom. The molecule has 0 aliphatic carbocycles. The van der Waals surface area contributed by atoms with Gasteiger partial charge >= 0.3 is 0 Å². The van der Waals surface area contributed by atoms with Gasteiger partial charge in [0.1, 0.15) is 23.0 Å². The van der Waals surface area contributed by atoms with E-state index < -0.39 is 11.8 Å². The predicted octanol–water partition coefficient (Wildman–Crippen LogP) is 5.70. The first-order valence-corrected chi connectivity index (χ1v) is 11.0. The van der Waals surface area contributed by atoms with Crippen LogP contribution in [0.4, 0.5) is 0 Å². The van der Waals surface area contributed by atoms with E-state index in [-0.39, 0.29) is 12.2 Å². The molecule has 2 heterocycles. The SMILES string of the molecule is Cc1ccc(C(=O)NC(=Cc2ccc(-c3ccc(Br)cc3)o2)C(=O)NCc2ccco2)cc1. The number of carbonyl (C=O) groups excluding carboxylic acids is 2. The molecule has 0 atom stereocenters. The molecule has 0 bridgehead atoms. The maximum absolute atomic E-state index is 12.9. The molecule has 0 radical (unpaired) electrons. The van der Waals surface area contributed by atoms with Crippen molar-refractivity contribution in [2.75, 3.05) is 0 Å². The number of nitrogens with one attached hydrogen (secondary N) is 2. The summed E-state index contributed by atoms with van der Waals surface area (Å²) in [5, 5.41) is 5.45. The highest BCUT2D eigenvalue weighted by molar-refractivity contribution is 9.10. The molecule has 0 spiro atoms. The molecule has 7 heteroatoms. The van der Waals surface area contributed by atoms with E-state index in [2.05, 4.69) is 26.6 Å². The lowest BCUT2D eigenvalue weighted by molar-refractivity contribution is -0.118. The van der Waals surface area contributed by atoms with Crippen LogP contribution in [0.1, 0.15) is 27.4 Å². The highest BCUT2D eigenvalue weighted by Crippen LogP contribution is 2.25. The van der Waals surface area contributed by atoms with Crippen LogP contribution < -0.4 is 10.6 Å². The summed E-state index contributed by atoms with van der Waals surface area (Å²) in [5.74, 6) is 0.819. The van der Waals surface area contributed by atoms with Crippen molar-refractivity contribution in [2.45, 2.75) is 13.5 Å². The minimum atomic E-state index is -0.464. The molecular weight excluding hydrogens is 484 g/mol. The first kappa shape index (κ1) is 22.4. The van der Waals surface area contributed by atoms with Crippen molar-refractivity contribution in [1.29, 1.82) is 0 Å². The van der Waals surface area contributed by atoms with E-state index in [0.29, 0.717) is 22.8 Å². The number of furan rings is 2. The summed E-state index contributed by atoms with van der Waals surface area (Å²) >= 11 is 3.42. The highest BCUT2D eigenvalue weighted by atomic mass is 79.9. The zero-order valence-electron chi connectivity index (χ0n) is 17.8. The molecule has 2 aromatic carbocycles. The fraction of sp³-hybridized carbons (Fsp3) is 0.0769. The van der Waals surface area contributed by atoms with Crippen LogP contribution in [0.3, 0.4) is 0 Å². The number of rotatable bonds is 7. The average molecular weight is 505 g/mol. The number of hydrogen-bond acceptors (Lipinski definition) is 4. The molecule has 2 N–H and O–H groups in total. The Morgan fingerprint density at radius 3 is 2.42 bits per heavy atom. The van der Waals surface area contributed by atoms with E-state index in [0.717, 1.165) is 15.6 Å². The Hall–Kier alpha value is -3.84. The van der Waals surface area contributed by atoms with Gasteiger partial charge < -0.3 is 19.5 Å². The highest BCUT2D eigenvalue weighted by Gasteiger charge is 2.16. The fourth-order valence-electron chi connectivity index (χ4n) is 3.08. The summed E-state index contributed by atoms with van der Waals surface area (Å²) in [6.07, 6.45) is 3.04. The normalized spacial score (nSPS) is 11.3. The number of aryl methyl sites for hydroxylation is 1. The van der Waals surface area contributed by atoms with Gasteiger partial charge in [-0.15, -0.1) is 0 Å². The lowest BCUT2D eigenvalue weighted by Gasteiger charge is -2.10. The molecule has 0 saturated heterocycles. The van der Waals surface area contributed by atoms with Crippen LogP contribution in [0.2, 0.25) is 0 Å². The van der Waals surface area contributed by atoms with E-state index in [1.165, 1.54) is 12.3 Å². The summed E-state index contributed by atoms with van der Waals surface area (Å²) in [7, 11) is 0. The summed E-state index contributed by atoms with van der Waals surface area (Å²) in [6.45, 7) is 2.13. The van der Waals surface area contributed by atoms with Gasteiger partial charge in [0, 0.05) is 21.7 Å². The predicted molar refractivity (Wildman–Crippen MR) is 129 cm³/mol. The zero-order valence-corrected chi connectivity index (χ0v) is 19.4. The Bertz CT molecular complexity index is 1270. The van der Waals surface area contributed by atoms with Gasteiger partial charge in [0.05, 0.1) is 12.8 Å². The summed E-state index contributed by atoms with van der Waals surface area (Å²) in [4.78, 5) is 25.7. The molecule has 2 aromatic heterocycles. The molecule has 4 aromatic rings. The van der Waals surface area contributed by atoms with Crippen LogP contribution >= 0.6 is 15.9 Å². The van der Waals surface area contributed by atoms with Crippen molar-refractivity contribution < 1.29 is 18.4 Å². The molecule has 4 rings (SSSR count). The van der Waals surface area contributed by atoms with Crippen LogP contribution in [0.25, 0.3) is 17.4 Å². The Kier molecular flexibility index (Phi) is 6.90. The van der Waals surface area contributed by atoms with Gasteiger partial charge in [-0.3, -0.25) is 9.59 Å². The lowest BCUT2D eigenvalue weighted by Crippen LogP contribution is -2.34. The molecule has 2 amide bonds. The molecule has 0 fully saturated rings. The molecular formula is C26H21BrN2O4. The van der Waals surface area contributed by atoms with E-state index in [1.54, 1.807) is 30.3 Å². The van der Waals surface area contributed by atoms with Crippen LogP contribution in [0.5, 0.6) is 0 Å². The number of carbonyl (C=O) groups is 2. The maximum Gasteiger partial charge on any atom is 0.268 e. The third kappa shape index (κ3) is 5.90. The number of benzene rings is 2. The van der Waals surface area contributed by atoms with Crippen molar-refractivity contribution in [3.63, 3.8) is 0 Å². The van der Waals surface area contributed by atoms with Gasteiger partial charge in [0.2, 0.25) is 0 Å². The Balaban J connectivity index is 1.57.